The maximum absolute atomic E-state index is 12.7. The summed E-state index contributed by atoms with van der Waals surface area (Å²) in [5.41, 5.74) is 1.65. The van der Waals surface area contributed by atoms with Gasteiger partial charge in [-0.1, -0.05) is 42.6 Å². The van der Waals surface area contributed by atoms with Crippen LogP contribution in [0.15, 0.2) is 71.6 Å². The molecule has 0 bridgehead atoms. The molecule has 1 atom stereocenters. The molecule has 0 spiro atoms. The van der Waals surface area contributed by atoms with Gasteiger partial charge >= 0.3 is 0 Å². The zero-order chi connectivity index (χ0) is 24.5. The number of unbranched alkanes of at least 4 members (excludes halogenated alkanes) is 1. The quantitative estimate of drug-likeness (QED) is 0.215. The van der Waals surface area contributed by atoms with Gasteiger partial charge in [0.05, 0.1) is 22.4 Å². The summed E-state index contributed by atoms with van der Waals surface area (Å²) in [6, 6.07) is 19.4. The fourth-order valence-corrected chi connectivity index (χ4v) is 4.41. The minimum atomic E-state index is -0.350. The van der Waals surface area contributed by atoms with E-state index in [4.69, 9.17) is 27.9 Å². The zero-order valence-corrected chi connectivity index (χ0v) is 21.3. The highest BCUT2D eigenvalue weighted by molar-refractivity contribution is 8.00. The van der Waals surface area contributed by atoms with Gasteiger partial charge in [0, 0.05) is 21.3 Å². The molecule has 0 aliphatic heterocycles. The van der Waals surface area contributed by atoms with Crippen LogP contribution in [-0.4, -0.2) is 23.7 Å². The van der Waals surface area contributed by atoms with E-state index in [9.17, 15) is 9.59 Å². The molecule has 2 amide bonds. The number of hydrogen-bond donors (Lipinski definition) is 2. The van der Waals surface area contributed by atoms with E-state index in [1.54, 1.807) is 18.2 Å². The van der Waals surface area contributed by atoms with Crippen LogP contribution in [0.4, 0.5) is 11.4 Å². The third-order valence-electron chi connectivity index (χ3n) is 4.84. The summed E-state index contributed by atoms with van der Waals surface area (Å²) in [5, 5.41) is 6.15. The third kappa shape index (κ3) is 7.69. The molecule has 3 rings (SSSR count). The molecule has 3 aromatic rings. The summed E-state index contributed by atoms with van der Waals surface area (Å²) < 4.78 is 5.65. The fourth-order valence-electron chi connectivity index (χ4n) is 2.99. The van der Waals surface area contributed by atoms with Crippen molar-refractivity contribution in [3.05, 3.63) is 82.3 Å². The molecule has 0 aromatic heterocycles. The molecular weight excluding hydrogens is 491 g/mol. The van der Waals surface area contributed by atoms with E-state index in [1.165, 1.54) is 17.8 Å². The molecule has 3 aromatic carbocycles. The largest absolute Gasteiger partial charge is 0.494 e. The van der Waals surface area contributed by atoms with Crippen molar-refractivity contribution in [3.63, 3.8) is 0 Å². The molecule has 0 aliphatic rings. The Morgan fingerprint density at radius 1 is 0.971 bits per heavy atom. The average molecular weight is 517 g/mol. The minimum absolute atomic E-state index is 0.118. The number of ether oxygens (including phenoxy) is 1. The lowest BCUT2D eigenvalue weighted by Crippen LogP contribution is -2.22. The number of carbonyl (C=O) groups excluding carboxylic acids is 2. The number of carbonyl (C=O) groups is 2. The molecule has 0 saturated carbocycles. The van der Waals surface area contributed by atoms with Crippen molar-refractivity contribution in [2.45, 2.75) is 36.8 Å². The van der Waals surface area contributed by atoms with Crippen molar-refractivity contribution in [1.82, 2.24) is 0 Å². The first-order valence-electron chi connectivity index (χ1n) is 10.9. The van der Waals surface area contributed by atoms with Crippen molar-refractivity contribution in [1.29, 1.82) is 0 Å². The summed E-state index contributed by atoms with van der Waals surface area (Å²) in [7, 11) is 0. The standard InChI is InChI=1S/C26H26Cl2N2O3S/c1-3-4-14-33-21-11-9-19(10-12-21)29-25(31)17(2)34-22-7-5-6-20(16-22)30-26(32)23-13-8-18(27)15-24(23)28/h5-13,15-17H,3-4,14H2,1-2H3,(H,29,31)(H,30,32). The first kappa shape index (κ1) is 25.9. The Bertz CT molecular complexity index is 1140. The first-order valence-corrected chi connectivity index (χ1v) is 12.6. The molecule has 1 unspecified atom stereocenters. The molecule has 8 heteroatoms. The second kappa shape index (κ2) is 12.7. The predicted molar refractivity (Wildman–Crippen MR) is 142 cm³/mol. The normalized spacial score (nSPS) is 11.5. The number of benzene rings is 3. The second-order valence-corrected chi connectivity index (χ2v) is 9.84. The van der Waals surface area contributed by atoms with Crippen LogP contribution in [-0.2, 0) is 4.79 Å². The minimum Gasteiger partial charge on any atom is -0.494 e. The van der Waals surface area contributed by atoms with E-state index >= 15 is 0 Å². The fraction of sp³-hybridized carbons (Fsp3) is 0.231. The molecule has 0 fully saturated rings. The Morgan fingerprint density at radius 3 is 2.44 bits per heavy atom. The topological polar surface area (TPSA) is 67.4 Å². The van der Waals surface area contributed by atoms with Gasteiger partial charge in [0.15, 0.2) is 0 Å². The highest BCUT2D eigenvalue weighted by atomic mass is 35.5. The summed E-state index contributed by atoms with van der Waals surface area (Å²) in [6.45, 7) is 4.63. The molecule has 0 heterocycles. The summed E-state index contributed by atoms with van der Waals surface area (Å²) in [5.74, 6) is 0.330. The van der Waals surface area contributed by atoms with Gasteiger partial charge in [-0.2, -0.15) is 0 Å². The van der Waals surface area contributed by atoms with Crippen molar-refractivity contribution in [2.24, 2.45) is 0 Å². The van der Waals surface area contributed by atoms with Gasteiger partial charge in [0.25, 0.3) is 5.91 Å². The Kier molecular flexibility index (Phi) is 9.69. The van der Waals surface area contributed by atoms with Crippen molar-refractivity contribution < 1.29 is 14.3 Å². The first-order chi connectivity index (χ1) is 16.4. The molecule has 34 heavy (non-hydrogen) atoms. The summed E-state index contributed by atoms with van der Waals surface area (Å²) in [6.07, 6.45) is 2.09. The van der Waals surface area contributed by atoms with Crippen LogP contribution in [0, 0.1) is 0 Å². The maximum atomic E-state index is 12.7. The van der Waals surface area contributed by atoms with Crippen LogP contribution in [0.25, 0.3) is 0 Å². The van der Waals surface area contributed by atoms with E-state index in [0.717, 1.165) is 23.5 Å². The van der Waals surface area contributed by atoms with Gasteiger partial charge < -0.3 is 15.4 Å². The lowest BCUT2D eigenvalue weighted by molar-refractivity contribution is -0.115. The van der Waals surface area contributed by atoms with Crippen molar-refractivity contribution in [3.8, 4) is 5.75 Å². The van der Waals surface area contributed by atoms with E-state index in [0.29, 0.717) is 28.6 Å². The zero-order valence-electron chi connectivity index (χ0n) is 18.9. The Hall–Kier alpha value is -2.67. The molecule has 2 N–H and O–H groups in total. The smallest absolute Gasteiger partial charge is 0.257 e. The number of halogens is 2. The summed E-state index contributed by atoms with van der Waals surface area (Å²) >= 11 is 13.4. The van der Waals surface area contributed by atoms with E-state index < -0.39 is 0 Å². The highest BCUT2D eigenvalue weighted by Gasteiger charge is 2.16. The highest BCUT2D eigenvalue weighted by Crippen LogP contribution is 2.28. The van der Waals surface area contributed by atoms with Gasteiger partial charge in [-0.25, -0.2) is 0 Å². The van der Waals surface area contributed by atoms with Gasteiger partial charge in [0.2, 0.25) is 5.91 Å². The van der Waals surface area contributed by atoms with Gasteiger partial charge in [-0.15, -0.1) is 11.8 Å². The third-order valence-corrected chi connectivity index (χ3v) is 6.48. The summed E-state index contributed by atoms with van der Waals surface area (Å²) in [4.78, 5) is 26.1. The molecule has 178 valence electrons. The second-order valence-electron chi connectivity index (χ2n) is 7.58. The monoisotopic (exact) mass is 516 g/mol. The van der Waals surface area contributed by atoms with Crippen molar-refractivity contribution >= 4 is 58.2 Å². The Balaban J connectivity index is 1.56. The molecule has 0 aliphatic carbocycles. The molecular formula is C26H26Cl2N2O3S. The van der Waals surface area contributed by atoms with Gasteiger partial charge in [0.1, 0.15) is 5.75 Å². The molecule has 5 nitrogen and oxygen atoms in total. The predicted octanol–water partition coefficient (Wildman–Crippen LogP) is 7.54. The lowest BCUT2D eigenvalue weighted by Gasteiger charge is -2.14. The Morgan fingerprint density at radius 2 is 1.74 bits per heavy atom. The SMILES string of the molecule is CCCCOc1ccc(NC(=O)C(C)Sc2cccc(NC(=O)c3ccc(Cl)cc3Cl)c2)cc1. The van der Waals surface area contributed by atoms with E-state index in [1.807, 2.05) is 49.4 Å². The number of anilines is 2. The van der Waals surface area contributed by atoms with E-state index in [2.05, 4.69) is 17.6 Å². The van der Waals surface area contributed by atoms with Gasteiger partial charge in [-0.3, -0.25) is 9.59 Å². The van der Waals surface area contributed by atoms with Crippen molar-refractivity contribution in [2.75, 3.05) is 17.2 Å². The van der Waals surface area contributed by atoms with Crippen LogP contribution < -0.4 is 15.4 Å². The van der Waals surface area contributed by atoms with Crippen LogP contribution in [0.3, 0.4) is 0 Å². The van der Waals surface area contributed by atoms with Crippen LogP contribution >= 0.6 is 35.0 Å². The molecule has 0 saturated heterocycles. The number of thioether (sulfide) groups is 1. The van der Waals surface area contributed by atoms with Gasteiger partial charge in [-0.05, 0) is 74.0 Å². The van der Waals surface area contributed by atoms with E-state index in [-0.39, 0.29) is 22.1 Å². The van der Waals surface area contributed by atoms with Crippen LogP contribution in [0.5, 0.6) is 5.75 Å². The number of rotatable bonds is 10. The number of hydrogen-bond acceptors (Lipinski definition) is 4. The number of amides is 2. The average Bonchev–Trinajstić information content (AvgIpc) is 2.80. The number of nitrogens with one attached hydrogen (secondary N) is 2. The van der Waals surface area contributed by atoms with Crippen LogP contribution in [0.2, 0.25) is 10.0 Å². The molecule has 0 radical (unpaired) electrons. The lowest BCUT2D eigenvalue weighted by atomic mass is 10.2. The maximum Gasteiger partial charge on any atom is 0.257 e. The Labute approximate surface area is 214 Å². The van der Waals surface area contributed by atoms with Crippen LogP contribution in [0.1, 0.15) is 37.0 Å².